The number of esters is 1. The van der Waals surface area contributed by atoms with Gasteiger partial charge in [-0.2, -0.15) is 0 Å². The summed E-state index contributed by atoms with van der Waals surface area (Å²) in [5.74, 6) is 2.24. The van der Waals surface area contributed by atoms with E-state index in [1.54, 1.807) is 6.92 Å². The van der Waals surface area contributed by atoms with Crippen LogP contribution in [0.15, 0.2) is 23.8 Å². The van der Waals surface area contributed by atoms with Gasteiger partial charge < -0.3 is 4.74 Å². The third kappa shape index (κ3) is 15.2. The van der Waals surface area contributed by atoms with E-state index in [1.807, 2.05) is 6.08 Å². The van der Waals surface area contributed by atoms with Crippen LogP contribution in [0.1, 0.15) is 99.3 Å². The molecule has 0 amide bonds. The molecule has 0 spiro atoms. The van der Waals surface area contributed by atoms with Crippen LogP contribution in [0.25, 0.3) is 0 Å². The van der Waals surface area contributed by atoms with Crippen LogP contribution >= 0.6 is 0 Å². The van der Waals surface area contributed by atoms with Crippen molar-refractivity contribution in [1.82, 2.24) is 0 Å². The Hall–Kier alpha value is -1.05. The number of hydrogen-bond acceptors (Lipinski definition) is 2. The molecule has 2 unspecified atom stereocenters. The Balaban J connectivity index is 3.71. The fraction of sp³-hybridized carbons (Fsp3) is 0.792. The molecule has 0 rings (SSSR count). The minimum atomic E-state index is -0.305. The lowest BCUT2D eigenvalue weighted by Gasteiger charge is -2.15. The molecule has 0 saturated carbocycles. The lowest BCUT2D eigenvalue weighted by molar-refractivity contribution is -0.137. The molecule has 0 heterocycles. The van der Waals surface area contributed by atoms with E-state index in [1.165, 1.54) is 56.9 Å². The van der Waals surface area contributed by atoms with Gasteiger partial charge in [-0.25, -0.2) is 4.79 Å². The average Bonchev–Trinajstić information content (AvgIpc) is 2.54. The number of carbonyl (C=O) groups is 1. The van der Waals surface area contributed by atoms with Crippen molar-refractivity contribution in [2.24, 2.45) is 17.8 Å². The van der Waals surface area contributed by atoms with Crippen molar-refractivity contribution in [3.63, 3.8) is 0 Å². The minimum Gasteiger partial charge on any atom is -0.458 e. The molecular weight excluding hydrogens is 320 g/mol. The van der Waals surface area contributed by atoms with E-state index in [-0.39, 0.29) is 5.97 Å². The third-order valence-corrected chi connectivity index (χ3v) is 5.13. The van der Waals surface area contributed by atoms with E-state index < -0.39 is 0 Å². The Morgan fingerprint density at radius 3 is 1.88 bits per heavy atom. The van der Waals surface area contributed by atoms with Gasteiger partial charge in [0, 0.05) is 5.57 Å². The van der Waals surface area contributed by atoms with Crippen LogP contribution in [0.4, 0.5) is 0 Å². The Bertz CT molecular complexity index is 420. The fourth-order valence-electron chi connectivity index (χ4n) is 3.19. The van der Waals surface area contributed by atoms with Gasteiger partial charge in [0.1, 0.15) is 6.61 Å². The molecular formula is C24H44O2. The molecule has 0 fully saturated rings. The van der Waals surface area contributed by atoms with Crippen molar-refractivity contribution in [2.45, 2.75) is 99.3 Å². The predicted octanol–water partition coefficient (Wildman–Crippen LogP) is 7.49. The second kappa shape index (κ2) is 15.1. The smallest absolute Gasteiger partial charge is 0.333 e. The zero-order chi connectivity index (χ0) is 19.9. The van der Waals surface area contributed by atoms with Gasteiger partial charge in [-0.1, -0.05) is 84.8 Å². The first-order chi connectivity index (χ1) is 12.2. The van der Waals surface area contributed by atoms with Crippen LogP contribution in [-0.2, 0) is 9.53 Å². The van der Waals surface area contributed by atoms with Gasteiger partial charge in [-0.3, -0.25) is 0 Å². The molecule has 0 bridgehead atoms. The summed E-state index contributed by atoms with van der Waals surface area (Å²) in [5.41, 5.74) is 1.77. The molecule has 0 saturated heterocycles. The maximum Gasteiger partial charge on any atom is 0.333 e. The minimum absolute atomic E-state index is 0.305. The van der Waals surface area contributed by atoms with Crippen molar-refractivity contribution < 1.29 is 9.53 Å². The molecule has 26 heavy (non-hydrogen) atoms. The van der Waals surface area contributed by atoms with Gasteiger partial charge in [-0.05, 0) is 50.5 Å². The molecule has 0 aliphatic carbocycles. The first-order valence-corrected chi connectivity index (χ1v) is 10.7. The summed E-state index contributed by atoms with van der Waals surface area (Å²) in [7, 11) is 0. The number of ether oxygens (including phenoxy) is 1. The fourth-order valence-corrected chi connectivity index (χ4v) is 3.19. The predicted molar refractivity (Wildman–Crippen MR) is 114 cm³/mol. The number of hydrogen-bond donors (Lipinski definition) is 0. The summed E-state index contributed by atoms with van der Waals surface area (Å²) in [5, 5.41) is 0. The largest absolute Gasteiger partial charge is 0.458 e. The van der Waals surface area contributed by atoms with Crippen molar-refractivity contribution in [3.8, 4) is 0 Å². The highest BCUT2D eigenvalue weighted by molar-refractivity contribution is 5.86. The van der Waals surface area contributed by atoms with Gasteiger partial charge in [-0.15, -0.1) is 0 Å². The highest BCUT2D eigenvalue weighted by Crippen LogP contribution is 2.22. The second-order valence-electron chi connectivity index (χ2n) is 8.79. The van der Waals surface area contributed by atoms with E-state index >= 15 is 0 Å². The van der Waals surface area contributed by atoms with Crippen LogP contribution in [0, 0.1) is 17.8 Å². The van der Waals surface area contributed by atoms with Gasteiger partial charge in [0.2, 0.25) is 0 Å². The summed E-state index contributed by atoms with van der Waals surface area (Å²) >= 11 is 0. The SMILES string of the molecule is C=C(C)C(=O)OCC=C(C)CCCC(C)CCCC(C)CCCC(C)C. The Morgan fingerprint density at radius 1 is 0.885 bits per heavy atom. The van der Waals surface area contributed by atoms with E-state index in [9.17, 15) is 4.79 Å². The van der Waals surface area contributed by atoms with Crippen LogP contribution in [-0.4, -0.2) is 12.6 Å². The van der Waals surface area contributed by atoms with Crippen LogP contribution in [0.2, 0.25) is 0 Å². The van der Waals surface area contributed by atoms with Gasteiger partial charge in [0.25, 0.3) is 0 Å². The molecule has 2 heteroatoms. The molecule has 0 radical (unpaired) electrons. The van der Waals surface area contributed by atoms with E-state index in [4.69, 9.17) is 4.74 Å². The van der Waals surface area contributed by atoms with Crippen LogP contribution in [0.3, 0.4) is 0 Å². The topological polar surface area (TPSA) is 26.3 Å². The molecule has 0 aliphatic heterocycles. The lowest BCUT2D eigenvalue weighted by atomic mass is 9.91. The molecule has 2 nitrogen and oxygen atoms in total. The zero-order valence-electron chi connectivity index (χ0n) is 18.4. The lowest BCUT2D eigenvalue weighted by Crippen LogP contribution is -2.05. The molecule has 0 aromatic rings. The first-order valence-electron chi connectivity index (χ1n) is 10.7. The maximum atomic E-state index is 11.3. The molecule has 0 aliphatic rings. The van der Waals surface area contributed by atoms with Gasteiger partial charge >= 0.3 is 5.97 Å². The van der Waals surface area contributed by atoms with Crippen molar-refractivity contribution >= 4 is 5.97 Å². The number of carbonyl (C=O) groups excluding carboxylic acids is 1. The second-order valence-corrected chi connectivity index (χ2v) is 8.79. The Kier molecular flexibility index (Phi) is 14.4. The standard InChI is InChI=1S/C24H44O2/c1-19(2)11-8-12-21(5)13-9-14-22(6)15-10-16-23(7)17-18-26-24(25)20(3)4/h17,19,21-22H,3,8-16,18H2,1-2,4-7H3. The van der Waals surface area contributed by atoms with Gasteiger partial charge in [0.15, 0.2) is 0 Å². The molecule has 0 aromatic carbocycles. The Morgan fingerprint density at radius 2 is 1.38 bits per heavy atom. The van der Waals surface area contributed by atoms with Crippen molar-refractivity contribution in [2.75, 3.05) is 6.61 Å². The summed E-state index contributed by atoms with van der Waals surface area (Å²) < 4.78 is 5.10. The molecule has 2 atom stereocenters. The molecule has 0 N–H and O–H groups in total. The maximum absolute atomic E-state index is 11.3. The average molecular weight is 365 g/mol. The highest BCUT2D eigenvalue weighted by atomic mass is 16.5. The molecule has 152 valence electrons. The van der Waals surface area contributed by atoms with Crippen LogP contribution < -0.4 is 0 Å². The number of rotatable bonds is 15. The summed E-state index contributed by atoms with van der Waals surface area (Å²) in [6, 6.07) is 0. The van der Waals surface area contributed by atoms with E-state index in [0.29, 0.717) is 12.2 Å². The van der Waals surface area contributed by atoms with Crippen LogP contribution in [0.5, 0.6) is 0 Å². The summed E-state index contributed by atoms with van der Waals surface area (Å²) in [6.45, 7) is 17.2. The monoisotopic (exact) mass is 364 g/mol. The van der Waals surface area contributed by atoms with E-state index in [0.717, 1.165) is 24.2 Å². The normalized spacial score (nSPS) is 14.3. The molecule has 0 aromatic heterocycles. The van der Waals surface area contributed by atoms with Gasteiger partial charge in [0.05, 0.1) is 0 Å². The van der Waals surface area contributed by atoms with Crippen molar-refractivity contribution in [3.05, 3.63) is 23.8 Å². The third-order valence-electron chi connectivity index (χ3n) is 5.13. The highest BCUT2D eigenvalue weighted by Gasteiger charge is 2.07. The number of allylic oxidation sites excluding steroid dienone is 1. The summed E-state index contributed by atoms with van der Waals surface area (Å²) in [4.78, 5) is 11.3. The quantitative estimate of drug-likeness (QED) is 0.171. The van der Waals surface area contributed by atoms with Crippen molar-refractivity contribution in [1.29, 1.82) is 0 Å². The Labute approximate surface area is 163 Å². The first kappa shape index (κ1) is 24.9. The summed E-state index contributed by atoms with van der Waals surface area (Å²) in [6.07, 6.45) is 13.9. The zero-order valence-corrected chi connectivity index (χ0v) is 18.4. The van der Waals surface area contributed by atoms with E-state index in [2.05, 4.69) is 41.2 Å².